The topological polar surface area (TPSA) is 87.7 Å². The van der Waals surface area contributed by atoms with Gasteiger partial charge in [-0.1, -0.05) is 24.3 Å². The Balaban J connectivity index is 1.74. The Hall–Kier alpha value is -3.38. The number of hydrogen-bond donors (Lipinski definition) is 3. The van der Waals surface area contributed by atoms with Crippen molar-refractivity contribution in [3.05, 3.63) is 77.4 Å². The molecule has 0 unspecified atom stereocenters. The lowest BCUT2D eigenvalue weighted by atomic mass is 10.0. The quantitative estimate of drug-likeness (QED) is 0.488. The third-order valence-corrected chi connectivity index (χ3v) is 4.05. The van der Waals surface area contributed by atoms with Gasteiger partial charge in [0.2, 0.25) is 0 Å². The van der Waals surface area contributed by atoms with E-state index in [0.717, 1.165) is 22.1 Å². The average Bonchev–Trinajstić information content (AvgIpc) is 2.70. The van der Waals surface area contributed by atoms with Crippen LogP contribution in [0.15, 0.2) is 60.7 Å². The summed E-state index contributed by atoms with van der Waals surface area (Å²) in [6, 6.07) is 17.7. The zero-order chi connectivity index (χ0) is 18.5. The summed E-state index contributed by atoms with van der Waals surface area (Å²) in [5, 5.41) is 13.2. The molecule has 0 radical (unpaired) electrons. The van der Waals surface area contributed by atoms with Crippen LogP contribution in [0.2, 0.25) is 0 Å². The average molecular weight is 350 g/mol. The van der Waals surface area contributed by atoms with Gasteiger partial charge in [-0.05, 0) is 52.7 Å². The van der Waals surface area contributed by atoms with Crippen molar-refractivity contribution >= 4 is 22.6 Å². The number of fused-ring (bicyclic) bond motifs is 1. The molecule has 0 fully saturated rings. The molecular formula is C20H18N2O4. The van der Waals surface area contributed by atoms with Crippen LogP contribution in [-0.2, 0) is 6.54 Å². The molecule has 0 spiro atoms. The normalized spacial score (nSPS) is 10.4. The maximum Gasteiger partial charge on any atom is 0.274 e. The number of carbonyl (C=O) groups excluding carboxylic acids is 2. The summed E-state index contributed by atoms with van der Waals surface area (Å²) >= 11 is 0. The molecule has 0 bridgehead atoms. The van der Waals surface area contributed by atoms with E-state index in [1.54, 1.807) is 49.0 Å². The van der Waals surface area contributed by atoms with Gasteiger partial charge in [-0.2, -0.15) is 0 Å². The molecule has 132 valence electrons. The number of benzene rings is 3. The zero-order valence-electron chi connectivity index (χ0n) is 14.2. The van der Waals surface area contributed by atoms with Crippen molar-refractivity contribution in [1.29, 1.82) is 0 Å². The highest BCUT2D eigenvalue weighted by Gasteiger charge is 2.09. The lowest BCUT2D eigenvalue weighted by Crippen LogP contribution is -2.22. The number of hydrogen-bond acceptors (Lipinski definition) is 4. The molecule has 6 heteroatoms. The maximum atomic E-state index is 12.4. The molecule has 0 heterocycles. The third kappa shape index (κ3) is 3.81. The lowest BCUT2D eigenvalue weighted by Gasteiger charge is -2.08. The fourth-order valence-electron chi connectivity index (χ4n) is 2.66. The second kappa shape index (κ2) is 7.67. The first-order valence-corrected chi connectivity index (χ1v) is 8.00. The Morgan fingerprint density at radius 2 is 1.58 bits per heavy atom. The maximum absolute atomic E-state index is 12.4. The molecule has 0 aromatic heterocycles. The number of nitrogens with one attached hydrogen (secondary N) is 2. The molecule has 0 saturated heterocycles. The van der Waals surface area contributed by atoms with Crippen molar-refractivity contribution in [3.63, 3.8) is 0 Å². The second-order valence-corrected chi connectivity index (χ2v) is 5.75. The molecule has 0 atom stereocenters. The SMILES string of the molecule is COc1cccc(CNC(=O)c2ccc3cc(C(=O)NO)ccc3c2)c1. The molecule has 0 aliphatic carbocycles. The van der Waals surface area contributed by atoms with E-state index >= 15 is 0 Å². The third-order valence-electron chi connectivity index (χ3n) is 4.05. The van der Waals surface area contributed by atoms with Crippen LogP contribution in [0, 0.1) is 0 Å². The summed E-state index contributed by atoms with van der Waals surface area (Å²) in [7, 11) is 1.60. The minimum Gasteiger partial charge on any atom is -0.497 e. The first kappa shape index (κ1) is 17.4. The van der Waals surface area contributed by atoms with E-state index in [9.17, 15) is 9.59 Å². The van der Waals surface area contributed by atoms with Gasteiger partial charge in [0.25, 0.3) is 11.8 Å². The summed E-state index contributed by atoms with van der Waals surface area (Å²) in [5.41, 5.74) is 3.42. The summed E-state index contributed by atoms with van der Waals surface area (Å²) < 4.78 is 5.17. The van der Waals surface area contributed by atoms with Gasteiger partial charge in [-0.25, -0.2) is 5.48 Å². The van der Waals surface area contributed by atoms with Crippen LogP contribution in [0.5, 0.6) is 5.75 Å². The van der Waals surface area contributed by atoms with Crippen LogP contribution >= 0.6 is 0 Å². The minimum atomic E-state index is -0.577. The number of hydroxylamine groups is 1. The van der Waals surface area contributed by atoms with Crippen LogP contribution in [-0.4, -0.2) is 24.1 Å². The summed E-state index contributed by atoms with van der Waals surface area (Å²) in [6.45, 7) is 0.393. The number of amides is 2. The Bertz CT molecular complexity index is 969. The standard InChI is InChI=1S/C20H18N2O4/c1-26-18-4-2-3-13(9-18)12-21-19(23)16-7-5-15-11-17(20(24)22-25)8-6-14(15)10-16/h2-11,25H,12H2,1H3,(H,21,23)(H,22,24). The van der Waals surface area contributed by atoms with Crippen molar-refractivity contribution in [3.8, 4) is 5.75 Å². The van der Waals surface area contributed by atoms with Gasteiger partial charge >= 0.3 is 0 Å². The minimum absolute atomic E-state index is 0.188. The van der Waals surface area contributed by atoms with Crippen molar-refractivity contribution in [2.24, 2.45) is 0 Å². The predicted octanol–water partition coefficient (Wildman–Crippen LogP) is 2.90. The largest absolute Gasteiger partial charge is 0.497 e. The molecule has 3 N–H and O–H groups in total. The molecule has 0 aliphatic rings. The van der Waals surface area contributed by atoms with Gasteiger partial charge < -0.3 is 10.1 Å². The molecule has 3 aromatic rings. The molecule has 6 nitrogen and oxygen atoms in total. The highest BCUT2D eigenvalue weighted by molar-refractivity contribution is 6.01. The molecule has 0 saturated carbocycles. The first-order valence-electron chi connectivity index (χ1n) is 8.00. The second-order valence-electron chi connectivity index (χ2n) is 5.75. The summed E-state index contributed by atoms with van der Waals surface area (Å²) in [4.78, 5) is 23.9. The molecule has 2 amide bonds. The lowest BCUT2D eigenvalue weighted by molar-refractivity contribution is 0.0706. The van der Waals surface area contributed by atoms with E-state index in [-0.39, 0.29) is 5.91 Å². The highest BCUT2D eigenvalue weighted by Crippen LogP contribution is 2.18. The van der Waals surface area contributed by atoms with E-state index in [4.69, 9.17) is 9.94 Å². The summed E-state index contributed by atoms with van der Waals surface area (Å²) in [6.07, 6.45) is 0. The van der Waals surface area contributed by atoms with Crippen molar-refractivity contribution in [2.75, 3.05) is 7.11 Å². The Morgan fingerprint density at radius 1 is 0.923 bits per heavy atom. The van der Waals surface area contributed by atoms with Gasteiger partial charge in [0.1, 0.15) is 5.75 Å². The fourth-order valence-corrected chi connectivity index (χ4v) is 2.66. The van der Waals surface area contributed by atoms with Crippen LogP contribution in [0.1, 0.15) is 26.3 Å². The van der Waals surface area contributed by atoms with E-state index in [2.05, 4.69) is 5.32 Å². The number of methoxy groups -OCH3 is 1. The van der Waals surface area contributed by atoms with Gasteiger partial charge in [0, 0.05) is 17.7 Å². The van der Waals surface area contributed by atoms with E-state index in [1.807, 2.05) is 24.3 Å². The van der Waals surface area contributed by atoms with Gasteiger partial charge in [-0.3, -0.25) is 14.8 Å². The Labute approximate surface area is 150 Å². The smallest absolute Gasteiger partial charge is 0.274 e. The number of carbonyl (C=O) groups is 2. The van der Waals surface area contributed by atoms with E-state index in [0.29, 0.717) is 17.7 Å². The monoisotopic (exact) mass is 350 g/mol. The fraction of sp³-hybridized carbons (Fsp3) is 0.100. The van der Waals surface area contributed by atoms with Gasteiger partial charge in [0.15, 0.2) is 0 Å². The van der Waals surface area contributed by atoms with Crippen molar-refractivity contribution < 1.29 is 19.5 Å². The predicted molar refractivity (Wildman–Crippen MR) is 97.4 cm³/mol. The number of ether oxygens (including phenoxy) is 1. The molecule has 3 rings (SSSR count). The zero-order valence-corrected chi connectivity index (χ0v) is 14.2. The molecule has 3 aromatic carbocycles. The van der Waals surface area contributed by atoms with Gasteiger partial charge in [-0.15, -0.1) is 0 Å². The van der Waals surface area contributed by atoms with Crippen LogP contribution in [0.3, 0.4) is 0 Å². The van der Waals surface area contributed by atoms with Gasteiger partial charge in [0.05, 0.1) is 7.11 Å². The Kier molecular flexibility index (Phi) is 5.15. The molecule has 0 aliphatic heterocycles. The van der Waals surface area contributed by atoms with Crippen LogP contribution in [0.25, 0.3) is 10.8 Å². The van der Waals surface area contributed by atoms with Crippen LogP contribution < -0.4 is 15.5 Å². The van der Waals surface area contributed by atoms with Crippen LogP contribution in [0.4, 0.5) is 0 Å². The van der Waals surface area contributed by atoms with Crippen molar-refractivity contribution in [2.45, 2.75) is 6.54 Å². The highest BCUT2D eigenvalue weighted by atomic mass is 16.5. The van der Waals surface area contributed by atoms with E-state index in [1.165, 1.54) is 0 Å². The molecule has 26 heavy (non-hydrogen) atoms. The summed E-state index contributed by atoms with van der Waals surface area (Å²) in [5.74, 6) is -0.0240. The number of rotatable bonds is 5. The molecular weight excluding hydrogens is 332 g/mol. The van der Waals surface area contributed by atoms with Crippen molar-refractivity contribution in [1.82, 2.24) is 10.8 Å². The first-order chi connectivity index (χ1) is 12.6. The van der Waals surface area contributed by atoms with E-state index < -0.39 is 5.91 Å². The Morgan fingerprint density at radius 3 is 2.19 bits per heavy atom.